The fourth-order valence-corrected chi connectivity index (χ4v) is 4.43. The highest BCUT2D eigenvalue weighted by Gasteiger charge is 2.30. The molecule has 0 aliphatic heterocycles. The molecule has 0 atom stereocenters. The molecule has 178 valence electrons. The van der Waals surface area contributed by atoms with Gasteiger partial charge < -0.3 is 19.1 Å². The number of aromatic nitrogens is 1. The van der Waals surface area contributed by atoms with Gasteiger partial charge in [-0.15, -0.1) is 0 Å². The number of hydrogen-bond donors (Lipinski definition) is 1. The van der Waals surface area contributed by atoms with Crippen molar-refractivity contribution in [3.63, 3.8) is 0 Å². The lowest BCUT2D eigenvalue weighted by Crippen LogP contribution is -2.16. The Bertz CT molecular complexity index is 1570. The molecule has 0 spiro atoms. The van der Waals surface area contributed by atoms with Crippen LogP contribution in [0.15, 0.2) is 97.1 Å². The molecule has 36 heavy (non-hydrogen) atoms. The van der Waals surface area contributed by atoms with Crippen LogP contribution >= 0.6 is 0 Å². The molecule has 0 bridgehead atoms. The molecular weight excluding hydrogens is 454 g/mol. The SMILES string of the molecule is COc1ccc(-n2c(-c3ccccc3)c(O)c3c(C(=O)C(=O)c4ccccc4)c(OC)ccc32)cc1. The van der Waals surface area contributed by atoms with E-state index in [2.05, 4.69) is 0 Å². The molecule has 4 aromatic carbocycles. The van der Waals surface area contributed by atoms with Gasteiger partial charge in [0.25, 0.3) is 0 Å². The number of hydrogen-bond acceptors (Lipinski definition) is 5. The van der Waals surface area contributed by atoms with Crippen molar-refractivity contribution in [3.8, 4) is 34.2 Å². The zero-order valence-electron chi connectivity index (χ0n) is 19.8. The van der Waals surface area contributed by atoms with Gasteiger partial charge in [-0.1, -0.05) is 60.7 Å². The average molecular weight is 478 g/mol. The minimum absolute atomic E-state index is 0.0193. The van der Waals surface area contributed by atoms with E-state index >= 15 is 0 Å². The minimum atomic E-state index is -0.759. The first-order chi connectivity index (χ1) is 17.5. The van der Waals surface area contributed by atoms with Gasteiger partial charge in [-0.25, -0.2) is 0 Å². The van der Waals surface area contributed by atoms with Crippen LogP contribution in [0.25, 0.3) is 27.8 Å². The molecule has 0 amide bonds. The van der Waals surface area contributed by atoms with Gasteiger partial charge in [-0.2, -0.15) is 0 Å². The lowest BCUT2D eigenvalue weighted by molar-refractivity contribution is 0.0816. The van der Waals surface area contributed by atoms with E-state index in [1.165, 1.54) is 7.11 Å². The molecule has 0 aliphatic carbocycles. The molecule has 1 aromatic heterocycles. The zero-order chi connectivity index (χ0) is 25.2. The van der Waals surface area contributed by atoms with Gasteiger partial charge >= 0.3 is 0 Å². The number of Topliss-reactive ketones (excluding diaryl/α,β-unsaturated/α-hetero) is 2. The summed E-state index contributed by atoms with van der Waals surface area (Å²) >= 11 is 0. The van der Waals surface area contributed by atoms with E-state index in [-0.39, 0.29) is 28.0 Å². The van der Waals surface area contributed by atoms with Crippen molar-refractivity contribution in [2.24, 2.45) is 0 Å². The van der Waals surface area contributed by atoms with Gasteiger partial charge in [0.1, 0.15) is 17.2 Å². The molecule has 1 heterocycles. The summed E-state index contributed by atoms with van der Waals surface area (Å²) in [7, 11) is 3.02. The summed E-state index contributed by atoms with van der Waals surface area (Å²) in [4.78, 5) is 26.8. The number of aromatic hydroxyl groups is 1. The van der Waals surface area contributed by atoms with Gasteiger partial charge in [0.05, 0.1) is 36.4 Å². The van der Waals surface area contributed by atoms with E-state index in [4.69, 9.17) is 9.47 Å². The number of methoxy groups -OCH3 is 2. The van der Waals surface area contributed by atoms with E-state index in [1.54, 1.807) is 49.6 Å². The number of ketones is 2. The summed E-state index contributed by atoms with van der Waals surface area (Å²) in [5.74, 6) is -0.662. The van der Waals surface area contributed by atoms with Crippen molar-refractivity contribution in [1.82, 2.24) is 4.57 Å². The number of fused-ring (bicyclic) bond motifs is 1. The van der Waals surface area contributed by atoms with E-state index in [0.29, 0.717) is 17.0 Å². The van der Waals surface area contributed by atoms with Crippen LogP contribution in [0.2, 0.25) is 0 Å². The highest BCUT2D eigenvalue weighted by Crippen LogP contribution is 2.45. The molecule has 0 saturated heterocycles. The second-order valence-electron chi connectivity index (χ2n) is 8.16. The Hall–Kier alpha value is -4.84. The lowest BCUT2D eigenvalue weighted by Gasteiger charge is -2.13. The van der Waals surface area contributed by atoms with E-state index in [9.17, 15) is 14.7 Å². The van der Waals surface area contributed by atoms with Crippen LogP contribution < -0.4 is 9.47 Å². The number of rotatable bonds is 7. The highest BCUT2D eigenvalue weighted by atomic mass is 16.5. The van der Waals surface area contributed by atoms with E-state index in [1.807, 2.05) is 59.2 Å². The predicted molar refractivity (Wildman–Crippen MR) is 139 cm³/mol. The van der Waals surface area contributed by atoms with Crippen molar-refractivity contribution in [3.05, 3.63) is 108 Å². The number of carbonyl (C=O) groups excluding carboxylic acids is 2. The van der Waals surface area contributed by atoms with Crippen LogP contribution in [-0.2, 0) is 0 Å². The molecule has 5 rings (SSSR count). The number of nitrogens with zero attached hydrogens (tertiary/aromatic N) is 1. The summed E-state index contributed by atoms with van der Waals surface area (Å²) < 4.78 is 12.7. The molecule has 6 heteroatoms. The Kier molecular flexibility index (Phi) is 6.00. The van der Waals surface area contributed by atoms with Gasteiger partial charge in [0, 0.05) is 16.8 Å². The van der Waals surface area contributed by atoms with Crippen LogP contribution in [0.4, 0.5) is 0 Å². The Morgan fingerprint density at radius 1 is 0.722 bits per heavy atom. The fourth-order valence-electron chi connectivity index (χ4n) is 4.43. The van der Waals surface area contributed by atoms with Crippen molar-refractivity contribution in [2.75, 3.05) is 14.2 Å². The summed E-state index contributed by atoms with van der Waals surface area (Å²) in [5, 5.41) is 11.9. The first-order valence-electron chi connectivity index (χ1n) is 11.3. The highest BCUT2D eigenvalue weighted by molar-refractivity contribution is 6.51. The van der Waals surface area contributed by atoms with E-state index < -0.39 is 11.6 Å². The molecule has 6 nitrogen and oxygen atoms in total. The van der Waals surface area contributed by atoms with Crippen LogP contribution in [0.1, 0.15) is 20.7 Å². The third-order valence-electron chi connectivity index (χ3n) is 6.14. The van der Waals surface area contributed by atoms with Gasteiger partial charge in [-0.05, 0) is 36.4 Å². The molecule has 0 radical (unpaired) electrons. The normalized spacial score (nSPS) is 10.8. The van der Waals surface area contributed by atoms with Crippen molar-refractivity contribution in [1.29, 1.82) is 0 Å². The minimum Gasteiger partial charge on any atom is -0.505 e. The predicted octanol–water partition coefficient (Wildman–Crippen LogP) is 6.09. The van der Waals surface area contributed by atoms with Gasteiger partial charge in [0.15, 0.2) is 0 Å². The maximum atomic E-state index is 13.6. The lowest BCUT2D eigenvalue weighted by atomic mass is 9.97. The Morgan fingerprint density at radius 3 is 1.97 bits per heavy atom. The monoisotopic (exact) mass is 477 g/mol. The Morgan fingerprint density at radius 2 is 1.36 bits per heavy atom. The van der Waals surface area contributed by atoms with Crippen molar-refractivity contribution in [2.45, 2.75) is 0 Å². The molecule has 5 aromatic rings. The average Bonchev–Trinajstić information content (AvgIpc) is 3.24. The second-order valence-corrected chi connectivity index (χ2v) is 8.16. The third kappa shape index (κ3) is 3.79. The van der Waals surface area contributed by atoms with E-state index in [0.717, 1.165) is 11.3 Å². The van der Waals surface area contributed by atoms with Crippen LogP contribution in [0.3, 0.4) is 0 Å². The standard InChI is InChI=1S/C30H23NO5/c1-35-22-15-13-21(14-16-22)31-23-17-18-24(36-2)26(30(34)28(32)20-11-7-4-8-12-20)25(23)29(33)27(31)19-9-5-3-6-10-19/h3-18,33H,1-2H3. The maximum Gasteiger partial charge on any atom is 0.238 e. The molecule has 0 saturated carbocycles. The molecule has 0 unspecified atom stereocenters. The third-order valence-corrected chi connectivity index (χ3v) is 6.14. The maximum absolute atomic E-state index is 13.6. The summed E-state index contributed by atoms with van der Waals surface area (Å²) in [6.45, 7) is 0. The molecule has 1 N–H and O–H groups in total. The van der Waals surface area contributed by atoms with Gasteiger partial charge in [-0.3, -0.25) is 9.59 Å². The first-order valence-corrected chi connectivity index (χ1v) is 11.3. The van der Waals surface area contributed by atoms with Crippen LogP contribution in [-0.4, -0.2) is 35.5 Å². The molecule has 0 aliphatic rings. The number of benzene rings is 4. The Labute approximate surface area is 208 Å². The summed E-state index contributed by atoms with van der Waals surface area (Å²) in [6.07, 6.45) is 0. The second kappa shape index (κ2) is 9.43. The number of ether oxygens (including phenoxy) is 2. The van der Waals surface area contributed by atoms with Crippen LogP contribution in [0, 0.1) is 0 Å². The summed E-state index contributed by atoms with van der Waals surface area (Å²) in [5.41, 5.74) is 2.82. The fraction of sp³-hybridized carbons (Fsp3) is 0.0667. The molecule has 0 fully saturated rings. The van der Waals surface area contributed by atoms with Crippen molar-refractivity contribution >= 4 is 22.5 Å². The topological polar surface area (TPSA) is 77.8 Å². The number of carbonyl (C=O) groups is 2. The zero-order valence-corrected chi connectivity index (χ0v) is 19.8. The van der Waals surface area contributed by atoms with Crippen LogP contribution in [0.5, 0.6) is 17.2 Å². The smallest absolute Gasteiger partial charge is 0.238 e. The largest absolute Gasteiger partial charge is 0.505 e. The first kappa shape index (κ1) is 22.9. The molecular formula is C30H23NO5. The van der Waals surface area contributed by atoms with Crippen molar-refractivity contribution < 1.29 is 24.2 Å². The quantitative estimate of drug-likeness (QED) is 0.227. The summed E-state index contributed by atoms with van der Waals surface area (Å²) in [6, 6.07) is 28.5. The van der Waals surface area contributed by atoms with Gasteiger partial charge in [0.2, 0.25) is 11.6 Å². The Balaban J connectivity index is 1.83.